The lowest BCUT2D eigenvalue weighted by atomic mass is 9.77. The average Bonchev–Trinajstić information content (AvgIpc) is 2.55. The van der Waals surface area contributed by atoms with E-state index in [1.807, 2.05) is 20.8 Å². The molecule has 26 heavy (non-hydrogen) atoms. The molecule has 0 spiro atoms. The lowest BCUT2D eigenvalue weighted by Gasteiger charge is -2.39. The van der Waals surface area contributed by atoms with Gasteiger partial charge in [0.1, 0.15) is 5.75 Å². The first-order valence-corrected chi connectivity index (χ1v) is 9.40. The van der Waals surface area contributed by atoms with Crippen molar-refractivity contribution in [2.24, 2.45) is 5.41 Å². The van der Waals surface area contributed by atoms with E-state index in [4.69, 9.17) is 11.6 Å². The molecular weight excluding hydrogens is 368 g/mol. The summed E-state index contributed by atoms with van der Waals surface area (Å²) in [6.07, 6.45) is -3.05. The van der Waals surface area contributed by atoms with Gasteiger partial charge in [-0.25, -0.2) is 0 Å². The molecule has 0 bridgehead atoms. The third-order valence-corrected chi connectivity index (χ3v) is 5.81. The van der Waals surface area contributed by atoms with Crippen LogP contribution in [0.4, 0.5) is 17.6 Å². The number of hydrogen-bond acceptors (Lipinski definition) is 1. The van der Waals surface area contributed by atoms with E-state index in [9.17, 15) is 17.6 Å². The molecule has 0 heterocycles. The van der Waals surface area contributed by atoms with Crippen LogP contribution in [0.1, 0.15) is 72.8 Å². The third-order valence-electron chi connectivity index (χ3n) is 5.51. The molecule has 0 saturated heterocycles. The Kier molecular flexibility index (Phi) is 7.06. The van der Waals surface area contributed by atoms with Gasteiger partial charge in [0.15, 0.2) is 0 Å². The highest BCUT2D eigenvalue weighted by Gasteiger charge is 2.68. The normalized spacial score (nSPS) is 13.8. The molecule has 0 amide bonds. The van der Waals surface area contributed by atoms with Crippen LogP contribution in [0.15, 0.2) is 18.2 Å². The Morgan fingerprint density at radius 2 is 1.50 bits per heavy atom. The van der Waals surface area contributed by atoms with Gasteiger partial charge < -0.3 is 4.74 Å². The first-order chi connectivity index (χ1) is 11.8. The lowest BCUT2D eigenvalue weighted by molar-refractivity contribution is -0.346. The summed E-state index contributed by atoms with van der Waals surface area (Å²) in [5.74, 6) is -4.78. The molecule has 0 unspecified atom stereocenters. The van der Waals surface area contributed by atoms with Crippen LogP contribution in [-0.4, -0.2) is 12.0 Å². The molecule has 0 aliphatic carbocycles. The Labute approximate surface area is 159 Å². The average molecular weight is 397 g/mol. The molecule has 0 aromatic heterocycles. The summed E-state index contributed by atoms with van der Waals surface area (Å²) in [6.45, 7) is 10.1. The van der Waals surface area contributed by atoms with Crippen LogP contribution in [0.25, 0.3) is 0 Å². The number of ether oxygens (including phenoxy) is 1. The predicted molar refractivity (Wildman–Crippen MR) is 98.6 cm³/mol. The summed E-state index contributed by atoms with van der Waals surface area (Å²) in [7, 11) is 0. The second kappa shape index (κ2) is 7.95. The minimum atomic E-state index is -4.67. The molecule has 150 valence electrons. The van der Waals surface area contributed by atoms with Gasteiger partial charge in [-0.05, 0) is 42.4 Å². The fourth-order valence-corrected chi connectivity index (χ4v) is 3.24. The van der Waals surface area contributed by atoms with E-state index in [0.717, 1.165) is 25.3 Å². The molecule has 1 nitrogen and oxygen atoms in total. The van der Waals surface area contributed by atoms with Gasteiger partial charge in [0.05, 0.1) is 5.02 Å². The van der Waals surface area contributed by atoms with Gasteiger partial charge in [0, 0.05) is 5.41 Å². The fourth-order valence-electron chi connectivity index (χ4n) is 3.02. The van der Waals surface area contributed by atoms with E-state index >= 15 is 0 Å². The van der Waals surface area contributed by atoms with Gasteiger partial charge in [-0.15, -0.1) is 0 Å². The largest absolute Gasteiger partial charge is 0.464 e. The van der Waals surface area contributed by atoms with E-state index in [0.29, 0.717) is 0 Å². The van der Waals surface area contributed by atoms with Crippen molar-refractivity contribution in [3.8, 4) is 5.75 Å². The van der Waals surface area contributed by atoms with Crippen molar-refractivity contribution >= 4 is 11.6 Å². The minimum Gasteiger partial charge on any atom is -0.426 e. The van der Waals surface area contributed by atoms with Gasteiger partial charge in [-0.3, -0.25) is 0 Å². The molecular formula is C20H29ClF4O. The summed E-state index contributed by atoms with van der Waals surface area (Å²) in [5, 5.41) is -0.100. The zero-order valence-corrected chi connectivity index (χ0v) is 17.1. The molecule has 0 fully saturated rings. The van der Waals surface area contributed by atoms with Crippen molar-refractivity contribution < 1.29 is 22.3 Å². The van der Waals surface area contributed by atoms with Gasteiger partial charge in [0.2, 0.25) is 0 Å². The van der Waals surface area contributed by atoms with Gasteiger partial charge in [0.25, 0.3) is 0 Å². The molecule has 6 heteroatoms. The number of halogens is 5. The van der Waals surface area contributed by atoms with Gasteiger partial charge in [-0.1, -0.05) is 65.6 Å². The zero-order chi connectivity index (χ0) is 20.4. The molecule has 1 aromatic rings. The number of benzene rings is 1. The van der Waals surface area contributed by atoms with Crippen molar-refractivity contribution in [1.29, 1.82) is 0 Å². The van der Waals surface area contributed by atoms with E-state index < -0.39 is 23.2 Å². The molecule has 0 N–H and O–H groups in total. The second-order valence-corrected chi connectivity index (χ2v) is 8.15. The minimum absolute atomic E-state index is 0.100. The summed E-state index contributed by atoms with van der Waals surface area (Å²) >= 11 is 6.07. The van der Waals surface area contributed by atoms with E-state index in [2.05, 4.69) is 4.74 Å². The topological polar surface area (TPSA) is 9.23 Å². The van der Waals surface area contributed by atoms with Crippen molar-refractivity contribution in [2.45, 2.75) is 84.7 Å². The first kappa shape index (κ1) is 23.1. The van der Waals surface area contributed by atoms with Gasteiger partial charge >= 0.3 is 12.0 Å². The number of alkyl halides is 4. The van der Waals surface area contributed by atoms with E-state index in [1.54, 1.807) is 6.07 Å². The quantitative estimate of drug-likeness (QED) is 0.386. The molecule has 0 radical (unpaired) electrons. The SMILES string of the molecule is CCCC(C)(C)c1ccc(OC(F)(F)C(F)(F)C(C)(CC)CC)c(Cl)c1. The first-order valence-electron chi connectivity index (χ1n) is 9.02. The summed E-state index contributed by atoms with van der Waals surface area (Å²) < 4.78 is 62.2. The summed E-state index contributed by atoms with van der Waals surface area (Å²) in [4.78, 5) is 0. The van der Waals surface area contributed by atoms with Crippen LogP contribution < -0.4 is 4.74 Å². The van der Waals surface area contributed by atoms with Crippen molar-refractivity contribution in [1.82, 2.24) is 0 Å². The number of hydrogen-bond donors (Lipinski definition) is 0. The Balaban J connectivity index is 3.18. The summed E-state index contributed by atoms with van der Waals surface area (Å²) in [6, 6.07) is 4.36. The molecule has 1 rings (SSSR count). The maximum Gasteiger partial charge on any atom is 0.464 e. The predicted octanol–water partition coefficient (Wildman–Crippen LogP) is 7.85. The van der Waals surface area contributed by atoms with E-state index in [1.165, 1.54) is 26.0 Å². The molecule has 0 aliphatic rings. The van der Waals surface area contributed by atoms with Crippen LogP contribution in [0.3, 0.4) is 0 Å². The smallest absolute Gasteiger partial charge is 0.426 e. The highest BCUT2D eigenvalue weighted by molar-refractivity contribution is 6.32. The Hall–Kier alpha value is -0.970. The van der Waals surface area contributed by atoms with Gasteiger partial charge in [-0.2, -0.15) is 17.6 Å². The van der Waals surface area contributed by atoms with Crippen molar-refractivity contribution in [3.63, 3.8) is 0 Å². The highest BCUT2D eigenvalue weighted by Crippen LogP contribution is 2.52. The fraction of sp³-hybridized carbons (Fsp3) is 0.700. The Morgan fingerprint density at radius 1 is 0.962 bits per heavy atom. The Morgan fingerprint density at radius 3 is 1.92 bits per heavy atom. The second-order valence-electron chi connectivity index (χ2n) is 7.74. The van der Waals surface area contributed by atoms with Crippen LogP contribution in [-0.2, 0) is 5.41 Å². The lowest BCUT2D eigenvalue weighted by Crippen LogP contribution is -2.55. The maximum atomic E-state index is 14.5. The molecule has 0 atom stereocenters. The van der Waals surface area contributed by atoms with Crippen molar-refractivity contribution in [3.05, 3.63) is 28.8 Å². The van der Waals surface area contributed by atoms with Crippen molar-refractivity contribution in [2.75, 3.05) is 0 Å². The monoisotopic (exact) mass is 396 g/mol. The molecule has 0 aliphatic heterocycles. The highest BCUT2D eigenvalue weighted by atomic mass is 35.5. The van der Waals surface area contributed by atoms with Crippen LogP contribution in [0.2, 0.25) is 5.02 Å². The van der Waals surface area contributed by atoms with Crippen LogP contribution in [0, 0.1) is 5.41 Å². The van der Waals surface area contributed by atoms with Crippen LogP contribution >= 0.6 is 11.6 Å². The molecule has 1 aromatic carbocycles. The van der Waals surface area contributed by atoms with Crippen LogP contribution in [0.5, 0.6) is 5.75 Å². The maximum absolute atomic E-state index is 14.5. The standard InChI is InChI=1S/C20H29ClF4O/c1-7-12-17(4,5)14-10-11-16(15(21)13-14)26-20(24,25)19(22,23)18(6,8-2)9-3/h10-11,13H,7-9,12H2,1-6H3. The zero-order valence-electron chi connectivity index (χ0n) is 16.4. The summed E-state index contributed by atoms with van der Waals surface area (Å²) in [5.41, 5.74) is -1.24. The Bertz CT molecular complexity index is 610. The molecule has 0 saturated carbocycles. The third kappa shape index (κ3) is 4.29. The number of rotatable bonds is 9. The van der Waals surface area contributed by atoms with E-state index in [-0.39, 0.29) is 23.3 Å².